The zero-order valence-corrected chi connectivity index (χ0v) is 5.70. The average Bonchev–Trinajstić information content (AvgIpc) is 1.79. The van der Waals surface area contributed by atoms with Gasteiger partial charge in [0.15, 0.2) is 5.96 Å². The highest BCUT2D eigenvalue weighted by molar-refractivity contribution is 6.40. The van der Waals surface area contributed by atoms with Gasteiger partial charge in [-0.1, -0.05) is 0 Å². The maximum Gasteiger partial charge on any atom is 0.451 e. The van der Waals surface area contributed by atoms with E-state index in [0.29, 0.717) is 19.3 Å². The van der Waals surface area contributed by atoms with Crippen molar-refractivity contribution in [2.45, 2.75) is 12.7 Å². The van der Waals surface area contributed by atoms with Crippen LogP contribution in [0.3, 0.4) is 0 Å². The average molecular weight is 145 g/mol. The summed E-state index contributed by atoms with van der Waals surface area (Å²) >= 11 is 0. The summed E-state index contributed by atoms with van der Waals surface area (Å²) in [4.78, 5) is 3.65. The second-order valence-corrected chi connectivity index (χ2v) is 1.93. The fraction of sp³-hybridized carbons (Fsp3) is 0.750. The molecule has 0 aliphatic heterocycles. The standard InChI is InChI=1S/C4H12BN3O2/c6-4(7)8-3-1-2-5(9)10/h9-10H,1-3H2,(H4,6,7,8). The first-order valence-corrected chi connectivity index (χ1v) is 3.04. The van der Waals surface area contributed by atoms with Crippen molar-refractivity contribution in [2.75, 3.05) is 6.54 Å². The van der Waals surface area contributed by atoms with Gasteiger partial charge in [-0.15, -0.1) is 0 Å². The highest BCUT2D eigenvalue weighted by Gasteiger charge is 2.03. The second-order valence-electron chi connectivity index (χ2n) is 1.93. The molecule has 0 aliphatic rings. The summed E-state index contributed by atoms with van der Waals surface area (Å²) in [7, 11) is -1.26. The monoisotopic (exact) mass is 145 g/mol. The summed E-state index contributed by atoms with van der Waals surface area (Å²) in [6.45, 7) is 0.444. The lowest BCUT2D eigenvalue weighted by Gasteiger charge is -1.95. The first kappa shape index (κ1) is 9.25. The number of nitrogens with zero attached hydrogens (tertiary/aromatic N) is 1. The van der Waals surface area contributed by atoms with Gasteiger partial charge >= 0.3 is 7.12 Å². The molecule has 0 aliphatic carbocycles. The molecule has 6 heteroatoms. The van der Waals surface area contributed by atoms with Gasteiger partial charge in [0.25, 0.3) is 0 Å². The highest BCUT2D eigenvalue weighted by atomic mass is 16.4. The first-order chi connectivity index (χ1) is 4.63. The Kier molecular flexibility index (Phi) is 4.69. The van der Waals surface area contributed by atoms with Gasteiger partial charge in [0.1, 0.15) is 0 Å². The van der Waals surface area contributed by atoms with E-state index in [9.17, 15) is 0 Å². The van der Waals surface area contributed by atoms with Crippen LogP contribution in [0.1, 0.15) is 6.42 Å². The normalized spacial score (nSPS) is 9.00. The minimum Gasteiger partial charge on any atom is -0.427 e. The summed E-state index contributed by atoms with van der Waals surface area (Å²) in [5, 5.41) is 16.7. The van der Waals surface area contributed by atoms with Crippen molar-refractivity contribution in [2.24, 2.45) is 16.5 Å². The molecular formula is C4H12BN3O2. The van der Waals surface area contributed by atoms with Gasteiger partial charge in [0.05, 0.1) is 0 Å². The van der Waals surface area contributed by atoms with Crippen LogP contribution in [-0.2, 0) is 0 Å². The van der Waals surface area contributed by atoms with Crippen LogP contribution in [-0.4, -0.2) is 29.7 Å². The van der Waals surface area contributed by atoms with E-state index in [-0.39, 0.29) is 5.96 Å². The van der Waals surface area contributed by atoms with E-state index < -0.39 is 7.12 Å². The molecule has 0 amide bonds. The Morgan fingerprint density at radius 1 is 1.40 bits per heavy atom. The van der Waals surface area contributed by atoms with Gasteiger partial charge in [-0.05, 0) is 12.7 Å². The van der Waals surface area contributed by atoms with Gasteiger partial charge in [-0.25, -0.2) is 0 Å². The summed E-state index contributed by atoms with van der Waals surface area (Å²) in [6, 6.07) is 0. The number of hydrogen-bond donors (Lipinski definition) is 4. The molecule has 0 fully saturated rings. The number of aliphatic imine (C=N–C) groups is 1. The van der Waals surface area contributed by atoms with Crippen LogP contribution >= 0.6 is 0 Å². The van der Waals surface area contributed by atoms with Crippen LogP contribution in [0.5, 0.6) is 0 Å². The van der Waals surface area contributed by atoms with Crippen LogP contribution in [0.4, 0.5) is 0 Å². The van der Waals surface area contributed by atoms with Gasteiger partial charge in [0, 0.05) is 6.54 Å². The Balaban J connectivity index is 3.13. The molecule has 0 spiro atoms. The summed E-state index contributed by atoms with van der Waals surface area (Å²) in [5.74, 6) is 0.0347. The van der Waals surface area contributed by atoms with Gasteiger partial charge in [-0.3, -0.25) is 4.99 Å². The molecule has 5 nitrogen and oxygen atoms in total. The third kappa shape index (κ3) is 7.25. The largest absolute Gasteiger partial charge is 0.451 e. The van der Waals surface area contributed by atoms with Crippen molar-refractivity contribution < 1.29 is 10.0 Å². The molecule has 0 aromatic heterocycles. The number of rotatable bonds is 4. The Morgan fingerprint density at radius 3 is 2.40 bits per heavy atom. The van der Waals surface area contributed by atoms with E-state index in [1.54, 1.807) is 0 Å². The summed E-state index contributed by atoms with van der Waals surface area (Å²) in [6.07, 6.45) is 0.881. The maximum absolute atomic E-state index is 8.36. The number of hydrogen-bond acceptors (Lipinski definition) is 3. The van der Waals surface area contributed by atoms with Crippen molar-refractivity contribution in [3.63, 3.8) is 0 Å². The number of nitrogens with two attached hydrogens (primary N) is 2. The molecular weight excluding hydrogens is 133 g/mol. The molecule has 0 saturated carbocycles. The topological polar surface area (TPSA) is 105 Å². The Morgan fingerprint density at radius 2 is 2.00 bits per heavy atom. The summed E-state index contributed by atoms with van der Waals surface area (Å²) < 4.78 is 0. The van der Waals surface area contributed by atoms with E-state index in [1.807, 2.05) is 0 Å². The third-order valence-electron chi connectivity index (χ3n) is 0.915. The molecule has 0 aromatic carbocycles. The van der Waals surface area contributed by atoms with Gasteiger partial charge < -0.3 is 21.5 Å². The van der Waals surface area contributed by atoms with Crippen molar-refractivity contribution in [3.8, 4) is 0 Å². The molecule has 6 N–H and O–H groups in total. The SMILES string of the molecule is NC(N)=NCCCB(O)O. The van der Waals surface area contributed by atoms with E-state index in [4.69, 9.17) is 21.5 Å². The fourth-order valence-corrected chi connectivity index (χ4v) is 0.482. The van der Waals surface area contributed by atoms with E-state index >= 15 is 0 Å². The first-order valence-electron chi connectivity index (χ1n) is 3.04. The Labute approximate surface area is 59.9 Å². The quantitative estimate of drug-likeness (QED) is 0.161. The molecule has 0 heterocycles. The van der Waals surface area contributed by atoms with E-state index in [2.05, 4.69) is 4.99 Å². The lowest BCUT2D eigenvalue weighted by Crippen LogP contribution is -2.23. The minimum atomic E-state index is -1.26. The minimum absolute atomic E-state index is 0.0347. The van der Waals surface area contributed by atoms with Crippen LogP contribution in [0.2, 0.25) is 6.32 Å². The van der Waals surface area contributed by atoms with Crippen molar-refractivity contribution in [1.82, 2.24) is 0 Å². The molecule has 0 bridgehead atoms. The van der Waals surface area contributed by atoms with Crippen LogP contribution in [0.15, 0.2) is 4.99 Å². The van der Waals surface area contributed by atoms with Crippen molar-refractivity contribution in [3.05, 3.63) is 0 Å². The highest BCUT2D eigenvalue weighted by Crippen LogP contribution is 1.91. The Hall–Kier alpha value is -0.745. The second kappa shape index (κ2) is 5.07. The fourth-order valence-electron chi connectivity index (χ4n) is 0.482. The predicted molar refractivity (Wildman–Crippen MR) is 40.3 cm³/mol. The molecule has 0 atom stereocenters. The van der Waals surface area contributed by atoms with Crippen molar-refractivity contribution in [1.29, 1.82) is 0 Å². The van der Waals surface area contributed by atoms with Crippen LogP contribution in [0, 0.1) is 0 Å². The van der Waals surface area contributed by atoms with Gasteiger partial charge in [-0.2, -0.15) is 0 Å². The van der Waals surface area contributed by atoms with E-state index in [0.717, 1.165) is 0 Å². The Bertz CT molecular complexity index is 113. The molecule has 58 valence electrons. The van der Waals surface area contributed by atoms with Crippen molar-refractivity contribution >= 4 is 13.1 Å². The molecule has 0 rings (SSSR count). The smallest absolute Gasteiger partial charge is 0.427 e. The molecule has 10 heavy (non-hydrogen) atoms. The zero-order valence-electron chi connectivity index (χ0n) is 5.70. The molecule has 0 unspecified atom stereocenters. The van der Waals surface area contributed by atoms with Crippen LogP contribution in [0.25, 0.3) is 0 Å². The lowest BCUT2D eigenvalue weighted by atomic mass is 9.85. The molecule has 0 radical (unpaired) electrons. The maximum atomic E-state index is 8.36. The third-order valence-corrected chi connectivity index (χ3v) is 0.915. The molecule has 0 aromatic rings. The van der Waals surface area contributed by atoms with Crippen LogP contribution < -0.4 is 11.5 Å². The number of guanidine groups is 1. The predicted octanol–water partition coefficient (Wildman–Crippen LogP) is -1.88. The van der Waals surface area contributed by atoms with Gasteiger partial charge in [0.2, 0.25) is 0 Å². The molecule has 0 saturated heterocycles. The van der Waals surface area contributed by atoms with E-state index in [1.165, 1.54) is 0 Å². The lowest BCUT2D eigenvalue weighted by molar-refractivity contribution is 0.403. The summed E-state index contributed by atoms with van der Waals surface area (Å²) in [5.41, 5.74) is 10.0. The zero-order chi connectivity index (χ0) is 7.98.